The topological polar surface area (TPSA) is 164 Å². The van der Waals surface area contributed by atoms with Gasteiger partial charge in [-0.05, 0) is 136 Å². The molecule has 0 heterocycles. The van der Waals surface area contributed by atoms with Gasteiger partial charge in [-0.3, -0.25) is 24.0 Å². The van der Waals surface area contributed by atoms with Crippen molar-refractivity contribution in [2.24, 2.45) is 0 Å². The molecule has 1 aliphatic rings. The van der Waals surface area contributed by atoms with E-state index in [0.717, 1.165) is 56.9 Å². The minimum absolute atomic E-state index is 0.0945. The largest absolute Gasteiger partial charge is 0.382 e. The Morgan fingerprint density at radius 1 is 0.432 bits per heavy atom. The van der Waals surface area contributed by atoms with Gasteiger partial charge < -0.3 is 24.8 Å². The summed E-state index contributed by atoms with van der Waals surface area (Å²) in [5, 5.41) is 29.7. The van der Waals surface area contributed by atoms with Gasteiger partial charge in [0.15, 0.2) is 23.1 Å². The van der Waals surface area contributed by atoms with Gasteiger partial charge in [0.25, 0.3) is 5.79 Å². The number of hydrogen-bond donors (Lipinski definition) is 3. The molecule has 478 valence electrons. The Kier molecular flexibility index (Phi) is 30.1. The number of aliphatic hydroxyl groups is 3. The lowest BCUT2D eigenvalue weighted by molar-refractivity contribution is -0.176. The van der Waals surface area contributed by atoms with Crippen LogP contribution in [0, 0.1) is 0 Å². The Morgan fingerprint density at radius 3 is 1.03 bits per heavy atom. The minimum atomic E-state index is -1.42. The molecule has 6 aromatic rings. The first-order chi connectivity index (χ1) is 41.3. The molecule has 0 bridgehead atoms. The molecule has 1 saturated carbocycles. The molecule has 4 unspecified atom stereocenters. The van der Waals surface area contributed by atoms with Crippen molar-refractivity contribution in [3.05, 3.63) is 213 Å². The molecule has 1 aliphatic carbocycles. The number of ether oxygens (including phenoxy) is 2. The van der Waals surface area contributed by atoms with E-state index in [1.54, 1.807) is 31.2 Å². The highest BCUT2D eigenvalue weighted by atomic mass is 16.7. The van der Waals surface area contributed by atoms with E-state index >= 15 is 0 Å². The number of benzene rings is 6. The minimum Gasteiger partial charge on any atom is -0.382 e. The summed E-state index contributed by atoms with van der Waals surface area (Å²) in [6, 6.07) is 47.7. The number of methoxy groups -OCH3 is 2. The van der Waals surface area contributed by atoms with E-state index in [0.29, 0.717) is 64.3 Å². The van der Waals surface area contributed by atoms with Crippen molar-refractivity contribution in [1.29, 1.82) is 0 Å². The molecule has 3 N–H and O–H groups in total. The van der Waals surface area contributed by atoms with Crippen LogP contribution < -0.4 is 0 Å². The van der Waals surface area contributed by atoms with Crippen molar-refractivity contribution < 1.29 is 48.8 Å². The highest BCUT2D eigenvalue weighted by Crippen LogP contribution is 2.34. The molecule has 0 aliphatic heterocycles. The number of rotatable bonds is 22. The van der Waals surface area contributed by atoms with Crippen LogP contribution >= 0.6 is 0 Å². The second kappa shape index (κ2) is 35.0. The van der Waals surface area contributed by atoms with Crippen LogP contribution in [-0.4, -0.2) is 75.3 Å². The average Bonchev–Trinajstić information content (AvgIpc) is 3.71. The zero-order valence-electron chi connectivity index (χ0n) is 56.5. The van der Waals surface area contributed by atoms with E-state index in [4.69, 9.17) is 9.47 Å². The zero-order valence-corrected chi connectivity index (χ0v) is 56.5. The van der Waals surface area contributed by atoms with Crippen molar-refractivity contribution >= 4 is 28.9 Å². The Hall–Kier alpha value is -6.53. The van der Waals surface area contributed by atoms with Crippen LogP contribution in [0.4, 0.5) is 0 Å². The first-order valence-electron chi connectivity index (χ1n) is 31.9. The van der Waals surface area contributed by atoms with Gasteiger partial charge in [0, 0.05) is 47.6 Å². The van der Waals surface area contributed by atoms with Gasteiger partial charge in [-0.25, -0.2) is 0 Å². The maximum Gasteiger partial charge on any atom is 0.260 e. The molecule has 1 fully saturated rings. The van der Waals surface area contributed by atoms with Gasteiger partial charge in [-0.1, -0.05) is 247 Å². The molecule has 0 saturated heterocycles. The van der Waals surface area contributed by atoms with E-state index in [2.05, 4.69) is 76.2 Å². The first kappa shape index (κ1) is 75.7. The van der Waals surface area contributed by atoms with Crippen LogP contribution in [0.1, 0.15) is 284 Å². The van der Waals surface area contributed by atoms with Gasteiger partial charge in [0.05, 0.1) is 0 Å². The Bertz CT molecular complexity index is 3060. The van der Waals surface area contributed by atoms with E-state index in [1.807, 2.05) is 127 Å². The summed E-state index contributed by atoms with van der Waals surface area (Å²) in [5.41, 5.74) is 6.49. The first-order valence-corrected chi connectivity index (χ1v) is 31.9. The summed E-state index contributed by atoms with van der Waals surface area (Å²) in [4.78, 5) is 60.1. The van der Waals surface area contributed by atoms with E-state index < -0.39 is 22.6 Å². The van der Waals surface area contributed by atoms with Gasteiger partial charge in [0.1, 0.15) is 16.8 Å². The average molecular weight is 1200 g/mol. The Balaban J connectivity index is 0.000000291. The van der Waals surface area contributed by atoms with Crippen molar-refractivity contribution in [3.63, 3.8) is 0 Å². The lowest BCUT2D eigenvalue weighted by atomic mass is 9.79. The summed E-state index contributed by atoms with van der Waals surface area (Å²) < 4.78 is 11.0. The number of carbonyl (C=O) groups excluding carboxylic acids is 5. The molecule has 6 aromatic carbocycles. The van der Waals surface area contributed by atoms with Crippen LogP contribution in [0.15, 0.2) is 152 Å². The van der Waals surface area contributed by atoms with Crippen molar-refractivity contribution in [3.8, 4) is 0 Å². The summed E-state index contributed by atoms with van der Waals surface area (Å²) in [6.07, 6.45) is 9.68. The van der Waals surface area contributed by atoms with Crippen LogP contribution in [0.2, 0.25) is 0 Å². The molecule has 10 nitrogen and oxygen atoms in total. The maximum absolute atomic E-state index is 13.0. The van der Waals surface area contributed by atoms with Crippen LogP contribution in [-0.2, 0) is 20.7 Å². The molecular weight excluding hydrogens is 1100 g/mol. The monoisotopic (exact) mass is 1200 g/mol. The van der Waals surface area contributed by atoms with Gasteiger partial charge in [0.2, 0.25) is 5.78 Å². The van der Waals surface area contributed by atoms with Gasteiger partial charge in [-0.15, -0.1) is 0 Å². The third-order valence-corrected chi connectivity index (χ3v) is 17.6. The van der Waals surface area contributed by atoms with E-state index in [-0.39, 0.29) is 34.3 Å². The fraction of sp³-hybridized carbons (Fsp3) is 0.474. The molecular formula is C78H106O10. The van der Waals surface area contributed by atoms with Gasteiger partial charge in [-0.2, -0.15) is 0 Å². The van der Waals surface area contributed by atoms with Crippen LogP contribution in [0.5, 0.6) is 0 Å². The second-order valence-electron chi connectivity index (χ2n) is 25.5. The number of Topliss-reactive ketones (excluding diaryl/α,β-unsaturated/α-hetero) is 5. The molecule has 0 radical (unpaired) electrons. The third kappa shape index (κ3) is 21.6. The highest BCUT2D eigenvalue weighted by molar-refractivity contribution is 6.04. The summed E-state index contributed by atoms with van der Waals surface area (Å²) in [6.45, 7) is 31.5. The van der Waals surface area contributed by atoms with Crippen molar-refractivity contribution in [1.82, 2.24) is 0 Å². The summed E-state index contributed by atoms with van der Waals surface area (Å²) in [5.74, 6) is 0.0285. The Labute approximate surface area is 528 Å². The Morgan fingerprint density at radius 2 is 0.739 bits per heavy atom. The normalized spacial score (nSPS) is 14.4. The SMILES string of the molecule is CCC(C)(C)c1ccc(C(=O)C(C)(C)O)cc1.CCC(C)c1ccc(C(=O)C(C)(C)O)cc1.CCC(C)c1ccc(C(=O)C(OC)(OC)c2ccccc2)cc1.CCC(C)c1ccc(C(=O)C2(O)CCCCC2)cc1.CCC(C)c1ccc(C(C)=O)cc1. The van der Waals surface area contributed by atoms with Crippen LogP contribution in [0.3, 0.4) is 0 Å². The third-order valence-electron chi connectivity index (χ3n) is 17.6. The molecule has 10 heteroatoms. The quantitative estimate of drug-likeness (QED) is 0.0440. The van der Waals surface area contributed by atoms with Crippen molar-refractivity contribution in [2.75, 3.05) is 14.2 Å². The van der Waals surface area contributed by atoms with Crippen LogP contribution in [0.25, 0.3) is 0 Å². The van der Waals surface area contributed by atoms with Gasteiger partial charge >= 0.3 is 0 Å². The number of ketones is 5. The van der Waals surface area contributed by atoms with Crippen molar-refractivity contribution in [2.45, 2.75) is 227 Å². The molecule has 4 atom stereocenters. The fourth-order valence-electron chi connectivity index (χ4n) is 9.98. The standard InChI is InChI=1S/C20H24O3.C17H24O2.C15H22O2.C14H20O2.C12H16O/c1-5-15(2)16-11-13-17(14-12-16)19(21)20(22-3,23-4)18-9-7-6-8-10-18;1-3-13(2)14-7-9-15(10-8-14)16(18)17(19)11-5-4-6-12-17;1-6-14(2,3)12-9-7-11(8-10-12)13(16)15(4,5)17;1-5-10(2)11-6-8-12(9-7-11)13(15)14(3,4)16;1-4-9(2)11-5-7-12(8-6-11)10(3)13/h6-15H,5H2,1-4H3;7-10,13,19H,3-6,11-12H2,1-2H3;7-10,17H,6H2,1-5H3;6-10,16H,5H2,1-4H3;5-9H,4H2,1-3H3. The lowest BCUT2D eigenvalue weighted by Crippen LogP contribution is -2.40. The second-order valence-corrected chi connectivity index (χ2v) is 25.5. The summed E-state index contributed by atoms with van der Waals surface area (Å²) >= 11 is 0. The number of carbonyl (C=O) groups is 5. The maximum atomic E-state index is 13.0. The zero-order chi connectivity index (χ0) is 66.2. The lowest BCUT2D eigenvalue weighted by Gasteiger charge is -2.30. The molecule has 0 aromatic heterocycles. The molecule has 0 amide bonds. The number of hydrogen-bond acceptors (Lipinski definition) is 10. The molecule has 88 heavy (non-hydrogen) atoms. The predicted molar refractivity (Wildman–Crippen MR) is 360 cm³/mol. The fourth-order valence-corrected chi connectivity index (χ4v) is 9.98. The van der Waals surface area contributed by atoms with E-state index in [9.17, 15) is 39.3 Å². The predicted octanol–water partition coefficient (Wildman–Crippen LogP) is 18.5. The van der Waals surface area contributed by atoms with E-state index in [1.165, 1.54) is 69.7 Å². The molecule has 0 spiro atoms. The molecule has 7 rings (SSSR count). The highest BCUT2D eigenvalue weighted by Gasteiger charge is 2.42. The smallest absolute Gasteiger partial charge is 0.260 e. The summed E-state index contributed by atoms with van der Waals surface area (Å²) in [7, 11) is 2.98.